The standard InChI is InChI=1S/C17H17BrN2O4/c18-14-8-6-13(7-9-14)17(22)20-19-16(21)12-23-10-11-24-15-4-2-1-3-5-15/h1-9H,10-12H2,(H,19,21)(H,20,22). The lowest BCUT2D eigenvalue weighted by atomic mass is 10.2. The van der Waals surface area contributed by atoms with Crippen molar-refractivity contribution in [3.63, 3.8) is 0 Å². The highest BCUT2D eigenvalue weighted by Crippen LogP contribution is 2.10. The summed E-state index contributed by atoms with van der Waals surface area (Å²) in [6, 6.07) is 16.1. The Morgan fingerprint density at radius 3 is 2.33 bits per heavy atom. The molecular formula is C17H17BrN2O4. The van der Waals surface area contributed by atoms with Gasteiger partial charge in [-0.2, -0.15) is 0 Å². The van der Waals surface area contributed by atoms with Gasteiger partial charge in [0, 0.05) is 10.0 Å². The van der Waals surface area contributed by atoms with Crippen molar-refractivity contribution in [3.05, 3.63) is 64.6 Å². The first kappa shape index (κ1) is 18.0. The molecule has 0 aliphatic heterocycles. The van der Waals surface area contributed by atoms with Gasteiger partial charge in [0.05, 0.1) is 6.61 Å². The van der Waals surface area contributed by atoms with Gasteiger partial charge in [0.1, 0.15) is 19.0 Å². The molecule has 2 rings (SSSR count). The number of amides is 2. The van der Waals surface area contributed by atoms with Crippen LogP contribution < -0.4 is 15.6 Å². The van der Waals surface area contributed by atoms with Crippen molar-refractivity contribution in [2.24, 2.45) is 0 Å². The Labute approximate surface area is 148 Å². The molecule has 0 aromatic heterocycles. The van der Waals surface area contributed by atoms with Gasteiger partial charge in [0.25, 0.3) is 11.8 Å². The molecule has 2 N–H and O–H groups in total. The third kappa shape index (κ3) is 6.39. The molecule has 0 radical (unpaired) electrons. The molecule has 0 saturated carbocycles. The topological polar surface area (TPSA) is 76.7 Å². The second kappa shape index (κ2) is 9.69. The van der Waals surface area contributed by atoms with Crippen molar-refractivity contribution in [2.75, 3.05) is 19.8 Å². The molecule has 2 amide bonds. The lowest BCUT2D eigenvalue weighted by Crippen LogP contribution is -2.43. The number of benzene rings is 2. The van der Waals surface area contributed by atoms with Gasteiger partial charge in [-0.3, -0.25) is 20.4 Å². The second-order valence-electron chi connectivity index (χ2n) is 4.72. The molecule has 0 fully saturated rings. The average Bonchev–Trinajstić information content (AvgIpc) is 2.61. The highest BCUT2D eigenvalue weighted by molar-refractivity contribution is 9.10. The third-order valence-electron chi connectivity index (χ3n) is 2.89. The number of ether oxygens (including phenoxy) is 2. The van der Waals surface area contributed by atoms with E-state index in [1.807, 2.05) is 30.3 Å². The Bertz CT molecular complexity index is 662. The predicted octanol–water partition coefficient (Wildman–Crippen LogP) is 2.31. The average molecular weight is 393 g/mol. The Hall–Kier alpha value is -2.38. The highest BCUT2D eigenvalue weighted by Gasteiger charge is 2.07. The van der Waals surface area contributed by atoms with Crippen molar-refractivity contribution < 1.29 is 19.1 Å². The molecule has 0 saturated heterocycles. The van der Waals surface area contributed by atoms with Crippen LogP contribution in [0.2, 0.25) is 0 Å². The number of carbonyl (C=O) groups is 2. The van der Waals surface area contributed by atoms with Crippen molar-refractivity contribution in [1.82, 2.24) is 10.9 Å². The fourth-order valence-electron chi connectivity index (χ4n) is 1.74. The van der Waals surface area contributed by atoms with Crippen LogP contribution in [0.5, 0.6) is 5.75 Å². The van der Waals surface area contributed by atoms with Crippen molar-refractivity contribution in [2.45, 2.75) is 0 Å². The van der Waals surface area contributed by atoms with Gasteiger partial charge in [0.15, 0.2) is 0 Å². The van der Waals surface area contributed by atoms with Gasteiger partial charge >= 0.3 is 0 Å². The zero-order chi connectivity index (χ0) is 17.2. The number of halogens is 1. The smallest absolute Gasteiger partial charge is 0.269 e. The van der Waals surface area contributed by atoms with E-state index in [2.05, 4.69) is 26.8 Å². The van der Waals surface area contributed by atoms with E-state index in [1.165, 1.54) is 0 Å². The summed E-state index contributed by atoms with van der Waals surface area (Å²) in [6.45, 7) is 0.435. The summed E-state index contributed by atoms with van der Waals surface area (Å²) < 4.78 is 11.5. The summed E-state index contributed by atoms with van der Waals surface area (Å²) >= 11 is 3.28. The number of nitrogens with one attached hydrogen (secondary N) is 2. The van der Waals surface area contributed by atoms with Crippen LogP contribution in [0.25, 0.3) is 0 Å². The molecule has 0 spiro atoms. The van der Waals surface area contributed by atoms with Crippen LogP contribution in [0.3, 0.4) is 0 Å². The van der Waals surface area contributed by atoms with E-state index in [0.29, 0.717) is 12.2 Å². The number of hydrogen-bond acceptors (Lipinski definition) is 4. The van der Waals surface area contributed by atoms with Crippen LogP contribution in [0.1, 0.15) is 10.4 Å². The van der Waals surface area contributed by atoms with Gasteiger partial charge in [-0.1, -0.05) is 34.1 Å². The maximum absolute atomic E-state index is 11.8. The van der Waals surface area contributed by atoms with Crippen LogP contribution in [0.4, 0.5) is 0 Å². The van der Waals surface area contributed by atoms with Crippen LogP contribution in [0.15, 0.2) is 59.1 Å². The minimum absolute atomic E-state index is 0.168. The van der Waals surface area contributed by atoms with Gasteiger partial charge < -0.3 is 9.47 Å². The molecule has 0 unspecified atom stereocenters. The van der Waals surface area contributed by atoms with Crippen LogP contribution in [-0.2, 0) is 9.53 Å². The Balaban J connectivity index is 1.58. The Morgan fingerprint density at radius 1 is 0.917 bits per heavy atom. The molecular weight excluding hydrogens is 376 g/mol. The summed E-state index contributed by atoms with van der Waals surface area (Å²) in [6.07, 6.45) is 0. The van der Waals surface area contributed by atoms with Crippen molar-refractivity contribution in [3.8, 4) is 5.75 Å². The number of hydrazine groups is 1. The summed E-state index contributed by atoms with van der Waals surface area (Å²) in [4.78, 5) is 23.4. The summed E-state index contributed by atoms with van der Waals surface area (Å²) in [7, 11) is 0. The molecule has 0 aliphatic carbocycles. The van der Waals surface area contributed by atoms with E-state index >= 15 is 0 Å². The molecule has 2 aromatic rings. The SMILES string of the molecule is O=C(COCCOc1ccccc1)NNC(=O)c1ccc(Br)cc1. The summed E-state index contributed by atoms with van der Waals surface area (Å²) in [5.41, 5.74) is 5.05. The quantitative estimate of drug-likeness (QED) is 0.559. The monoisotopic (exact) mass is 392 g/mol. The van der Waals surface area contributed by atoms with E-state index in [-0.39, 0.29) is 13.2 Å². The highest BCUT2D eigenvalue weighted by atomic mass is 79.9. The predicted molar refractivity (Wildman–Crippen MR) is 92.5 cm³/mol. The number of hydrogen-bond donors (Lipinski definition) is 2. The van der Waals surface area contributed by atoms with Crippen LogP contribution in [0, 0.1) is 0 Å². The fraction of sp³-hybridized carbons (Fsp3) is 0.176. The first-order valence-corrected chi connectivity index (χ1v) is 8.05. The van der Waals surface area contributed by atoms with Gasteiger partial charge in [-0.15, -0.1) is 0 Å². The number of rotatable bonds is 7. The van der Waals surface area contributed by atoms with Crippen molar-refractivity contribution in [1.29, 1.82) is 0 Å². The minimum Gasteiger partial charge on any atom is -0.491 e. The van der Waals surface area contributed by atoms with Gasteiger partial charge in [-0.05, 0) is 36.4 Å². The molecule has 2 aromatic carbocycles. The number of carbonyl (C=O) groups excluding carboxylic acids is 2. The maximum Gasteiger partial charge on any atom is 0.269 e. The van der Waals surface area contributed by atoms with Crippen molar-refractivity contribution >= 4 is 27.7 Å². The van der Waals surface area contributed by atoms with Crippen LogP contribution >= 0.6 is 15.9 Å². The van der Waals surface area contributed by atoms with Crippen LogP contribution in [-0.4, -0.2) is 31.6 Å². The lowest BCUT2D eigenvalue weighted by molar-refractivity contribution is -0.126. The lowest BCUT2D eigenvalue weighted by Gasteiger charge is -2.09. The van der Waals surface area contributed by atoms with E-state index in [4.69, 9.17) is 9.47 Å². The molecule has 6 nitrogen and oxygen atoms in total. The van der Waals surface area contributed by atoms with E-state index in [1.54, 1.807) is 24.3 Å². The molecule has 0 bridgehead atoms. The zero-order valence-corrected chi connectivity index (χ0v) is 14.4. The van der Waals surface area contributed by atoms with Gasteiger partial charge in [0.2, 0.25) is 0 Å². The Kier molecular flexibility index (Phi) is 7.25. The molecule has 24 heavy (non-hydrogen) atoms. The normalized spacial score (nSPS) is 10.0. The fourth-order valence-corrected chi connectivity index (χ4v) is 2.00. The largest absolute Gasteiger partial charge is 0.491 e. The third-order valence-corrected chi connectivity index (χ3v) is 3.42. The summed E-state index contributed by atoms with van der Waals surface area (Å²) in [5.74, 6) is -0.101. The number of para-hydroxylation sites is 1. The Morgan fingerprint density at radius 2 is 1.62 bits per heavy atom. The molecule has 7 heteroatoms. The maximum atomic E-state index is 11.8. The first-order valence-electron chi connectivity index (χ1n) is 7.25. The zero-order valence-electron chi connectivity index (χ0n) is 12.8. The summed E-state index contributed by atoms with van der Waals surface area (Å²) in [5, 5.41) is 0. The van der Waals surface area contributed by atoms with E-state index in [0.717, 1.165) is 10.2 Å². The first-order chi connectivity index (χ1) is 11.6. The van der Waals surface area contributed by atoms with Gasteiger partial charge in [-0.25, -0.2) is 0 Å². The molecule has 126 valence electrons. The van der Waals surface area contributed by atoms with E-state index in [9.17, 15) is 9.59 Å². The van der Waals surface area contributed by atoms with E-state index < -0.39 is 11.8 Å². The minimum atomic E-state index is -0.444. The second-order valence-corrected chi connectivity index (χ2v) is 5.64. The molecule has 0 heterocycles. The molecule has 0 aliphatic rings. The molecule has 0 atom stereocenters.